The van der Waals surface area contributed by atoms with Crippen LogP contribution in [0, 0.1) is 5.82 Å². The Morgan fingerprint density at radius 1 is 1.18 bits per heavy atom. The molecule has 0 aliphatic rings. The Morgan fingerprint density at radius 3 is 2.46 bits per heavy atom. The van der Waals surface area contributed by atoms with Crippen LogP contribution in [-0.4, -0.2) is 26.4 Å². The summed E-state index contributed by atoms with van der Waals surface area (Å²) < 4.78 is 41.9. The lowest BCUT2D eigenvalue weighted by molar-refractivity contribution is -0.123. The third kappa shape index (κ3) is 4.35. The number of thiophene rings is 1. The van der Waals surface area contributed by atoms with E-state index in [0.717, 1.165) is 11.3 Å². The van der Waals surface area contributed by atoms with Crippen molar-refractivity contribution in [1.29, 1.82) is 0 Å². The third-order valence-corrected chi connectivity index (χ3v) is 5.82. The monoisotopic (exact) mass is 422 g/mol. The van der Waals surface area contributed by atoms with Crippen molar-refractivity contribution in [3.05, 3.63) is 59.2 Å². The largest absolute Gasteiger partial charge is 0.448 e. The van der Waals surface area contributed by atoms with E-state index >= 15 is 0 Å². The summed E-state index contributed by atoms with van der Waals surface area (Å²) in [5.41, 5.74) is 0.309. The number of halogens is 1. The Kier molecular flexibility index (Phi) is 5.45. The van der Waals surface area contributed by atoms with Crippen molar-refractivity contribution in [2.24, 2.45) is 5.14 Å². The minimum atomic E-state index is -3.83. The second-order valence-electron chi connectivity index (χ2n) is 5.87. The maximum absolute atomic E-state index is 13.7. The van der Waals surface area contributed by atoms with E-state index in [9.17, 15) is 22.4 Å². The molecule has 1 aromatic heterocycles. The van der Waals surface area contributed by atoms with Crippen LogP contribution >= 0.6 is 11.3 Å². The number of rotatable bonds is 5. The molecule has 0 fully saturated rings. The summed E-state index contributed by atoms with van der Waals surface area (Å²) in [6.07, 6.45) is -1.12. The smallest absolute Gasteiger partial charge is 0.349 e. The van der Waals surface area contributed by atoms with Crippen molar-refractivity contribution >= 4 is 49.0 Å². The molecule has 146 valence electrons. The van der Waals surface area contributed by atoms with Gasteiger partial charge in [0.2, 0.25) is 10.0 Å². The van der Waals surface area contributed by atoms with Crippen LogP contribution in [-0.2, 0) is 19.6 Å². The van der Waals surface area contributed by atoms with Gasteiger partial charge >= 0.3 is 5.97 Å². The molecule has 0 spiro atoms. The second-order valence-corrected chi connectivity index (χ2v) is 8.51. The van der Waals surface area contributed by atoms with Gasteiger partial charge in [-0.15, -0.1) is 11.3 Å². The molecular formula is C18H15FN2O5S2. The standard InChI is InChI=1S/C18H15FN2O5S2/c1-10(17(22)21-11-5-7-12(8-6-11)28(20,24)25)26-18(23)16-9-13-14(19)3-2-4-15(13)27-16/h2-10H,1H3,(H,21,22)(H2,20,24,25). The maximum Gasteiger partial charge on any atom is 0.349 e. The van der Waals surface area contributed by atoms with E-state index in [2.05, 4.69) is 5.32 Å². The quantitative estimate of drug-likeness (QED) is 0.614. The van der Waals surface area contributed by atoms with E-state index in [1.54, 1.807) is 12.1 Å². The van der Waals surface area contributed by atoms with Crippen LogP contribution in [0.5, 0.6) is 0 Å². The van der Waals surface area contributed by atoms with Crippen LogP contribution in [0.4, 0.5) is 10.1 Å². The summed E-state index contributed by atoms with van der Waals surface area (Å²) >= 11 is 1.07. The third-order valence-electron chi connectivity index (χ3n) is 3.81. The Balaban J connectivity index is 1.66. The predicted molar refractivity (Wildman–Crippen MR) is 103 cm³/mol. The molecule has 1 unspecified atom stereocenters. The number of fused-ring (bicyclic) bond motifs is 1. The van der Waals surface area contributed by atoms with Crippen molar-refractivity contribution in [1.82, 2.24) is 0 Å². The fraction of sp³-hybridized carbons (Fsp3) is 0.111. The Morgan fingerprint density at radius 2 is 1.86 bits per heavy atom. The summed E-state index contributed by atoms with van der Waals surface area (Å²) in [6, 6.07) is 11.1. The molecule has 0 saturated carbocycles. The minimum absolute atomic E-state index is 0.0954. The second kappa shape index (κ2) is 7.66. The van der Waals surface area contributed by atoms with Gasteiger partial charge in [-0.05, 0) is 49.4 Å². The van der Waals surface area contributed by atoms with Crippen molar-refractivity contribution in [3.63, 3.8) is 0 Å². The molecule has 0 bridgehead atoms. The number of carbonyl (C=O) groups is 2. The van der Waals surface area contributed by atoms with Gasteiger partial charge in [-0.2, -0.15) is 0 Å². The highest BCUT2D eigenvalue weighted by atomic mass is 32.2. The van der Waals surface area contributed by atoms with Crippen LogP contribution in [0.2, 0.25) is 0 Å². The number of ether oxygens (including phenoxy) is 1. The zero-order chi connectivity index (χ0) is 20.5. The van der Waals surface area contributed by atoms with E-state index in [1.807, 2.05) is 0 Å². The normalized spacial score (nSPS) is 12.5. The lowest BCUT2D eigenvalue weighted by Crippen LogP contribution is -2.29. The van der Waals surface area contributed by atoms with E-state index < -0.39 is 33.8 Å². The molecule has 3 N–H and O–H groups in total. The van der Waals surface area contributed by atoms with E-state index in [1.165, 1.54) is 43.3 Å². The molecule has 1 heterocycles. The van der Waals surface area contributed by atoms with Gasteiger partial charge in [0.15, 0.2) is 6.10 Å². The Bertz CT molecular complexity index is 1160. The van der Waals surface area contributed by atoms with E-state index in [4.69, 9.17) is 9.88 Å². The maximum atomic E-state index is 13.7. The number of benzene rings is 2. The number of sulfonamides is 1. The van der Waals surface area contributed by atoms with Crippen LogP contribution in [0.15, 0.2) is 53.4 Å². The molecule has 0 radical (unpaired) electrons. The SMILES string of the molecule is CC(OC(=O)c1cc2c(F)cccc2s1)C(=O)Nc1ccc(S(N)(=O)=O)cc1. The number of nitrogens with two attached hydrogens (primary N) is 1. The van der Waals surface area contributed by atoms with Crippen molar-refractivity contribution in [2.45, 2.75) is 17.9 Å². The minimum Gasteiger partial charge on any atom is -0.448 e. The van der Waals surface area contributed by atoms with Gasteiger partial charge in [0.25, 0.3) is 5.91 Å². The number of amides is 1. The number of esters is 1. The number of hydrogen-bond acceptors (Lipinski definition) is 6. The van der Waals surface area contributed by atoms with Gasteiger partial charge in [-0.1, -0.05) is 6.07 Å². The van der Waals surface area contributed by atoms with Crippen molar-refractivity contribution in [3.8, 4) is 0 Å². The molecule has 1 amide bonds. The molecule has 1 atom stereocenters. The number of nitrogens with one attached hydrogen (secondary N) is 1. The van der Waals surface area contributed by atoms with Crippen LogP contribution in [0.3, 0.4) is 0 Å². The molecule has 0 aliphatic carbocycles. The molecule has 28 heavy (non-hydrogen) atoms. The number of anilines is 1. The molecular weight excluding hydrogens is 407 g/mol. The summed E-state index contributed by atoms with van der Waals surface area (Å²) in [5.74, 6) is -1.79. The van der Waals surface area contributed by atoms with Gasteiger partial charge in [0.05, 0.1) is 4.90 Å². The van der Waals surface area contributed by atoms with Crippen LogP contribution in [0.1, 0.15) is 16.6 Å². The number of carbonyl (C=O) groups excluding carboxylic acids is 2. The average molecular weight is 422 g/mol. The Labute approximate surface area is 164 Å². The first-order valence-corrected chi connectivity index (χ1v) is 10.3. The molecule has 10 heteroatoms. The first-order chi connectivity index (χ1) is 13.1. The fourth-order valence-corrected chi connectivity index (χ4v) is 3.84. The molecule has 7 nitrogen and oxygen atoms in total. The molecule has 3 rings (SSSR count). The van der Waals surface area contributed by atoms with E-state index in [-0.39, 0.29) is 9.77 Å². The van der Waals surface area contributed by atoms with Gasteiger partial charge in [0.1, 0.15) is 10.7 Å². The highest BCUT2D eigenvalue weighted by Crippen LogP contribution is 2.28. The van der Waals surface area contributed by atoms with Gasteiger partial charge in [0, 0.05) is 15.8 Å². The van der Waals surface area contributed by atoms with Gasteiger partial charge in [-0.25, -0.2) is 22.7 Å². The van der Waals surface area contributed by atoms with Crippen LogP contribution in [0.25, 0.3) is 10.1 Å². The van der Waals surface area contributed by atoms with Gasteiger partial charge < -0.3 is 10.1 Å². The lowest BCUT2D eigenvalue weighted by Gasteiger charge is -2.13. The Hall–Kier alpha value is -2.82. The van der Waals surface area contributed by atoms with E-state index in [0.29, 0.717) is 15.8 Å². The highest BCUT2D eigenvalue weighted by Gasteiger charge is 2.21. The lowest BCUT2D eigenvalue weighted by atomic mass is 10.2. The summed E-state index contributed by atoms with van der Waals surface area (Å²) in [5, 5.41) is 7.82. The number of hydrogen-bond donors (Lipinski definition) is 2. The highest BCUT2D eigenvalue weighted by molar-refractivity contribution is 7.89. The summed E-state index contributed by atoms with van der Waals surface area (Å²) in [4.78, 5) is 24.5. The first-order valence-electron chi connectivity index (χ1n) is 7.98. The fourth-order valence-electron chi connectivity index (χ4n) is 2.37. The zero-order valence-corrected chi connectivity index (χ0v) is 16.1. The molecule has 0 saturated heterocycles. The first kappa shape index (κ1) is 19.9. The average Bonchev–Trinajstić information content (AvgIpc) is 3.07. The molecule has 2 aromatic carbocycles. The summed E-state index contributed by atoms with van der Waals surface area (Å²) in [7, 11) is -3.83. The van der Waals surface area contributed by atoms with Crippen molar-refractivity contribution in [2.75, 3.05) is 5.32 Å². The topological polar surface area (TPSA) is 116 Å². The van der Waals surface area contributed by atoms with Crippen LogP contribution < -0.4 is 10.5 Å². The number of primary sulfonamides is 1. The molecule has 0 aliphatic heterocycles. The van der Waals surface area contributed by atoms with Crippen molar-refractivity contribution < 1.29 is 27.1 Å². The molecule has 3 aromatic rings. The van der Waals surface area contributed by atoms with Gasteiger partial charge in [-0.3, -0.25) is 4.79 Å². The summed E-state index contributed by atoms with van der Waals surface area (Å²) in [6.45, 7) is 1.39. The zero-order valence-electron chi connectivity index (χ0n) is 14.5. The predicted octanol–water partition coefficient (Wildman–Crippen LogP) is 2.87.